The number of fused-ring (bicyclic) bond motifs is 1. The van der Waals surface area contributed by atoms with Crippen LogP contribution in [0.5, 0.6) is 0 Å². The Morgan fingerprint density at radius 1 is 0.895 bits per heavy atom. The van der Waals surface area contributed by atoms with Crippen LogP contribution in [0.4, 0.5) is 0 Å². The number of nitroso groups, excluding NO2 is 1. The van der Waals surface area contributed by atoms with E-state index >= 15 is 0 Å². The van der Waals surface area contributed by atoms with E-state index in [0.29, 0.717) is 18.4 Å². The second kappa shape index (κ2) is 14.8. The minimum Gasteiger partial charge on any atom is -0.360 e. The van der Waals surface area contributed by atoms with Gasteiger partial charge in [0.25, 0.3) is 0 Å². The zero-order valence-electron chi connectivity index (χ0n) is 21.4. The lowest BCUT2D eigenvalue weighted by atomic mass is 9.95. The van der Waals surface area contributed by atoms with Crippen LogP contribution < -0.4 is 10.7 Å². The van der Waals surface area contributed by atoms with E-state index in [1.165, 1.54) is 5.56 Å². The molecule has 1 atom stereocenters. The van der Waals surface area contributed by atoms with E-state index < -0.39 is 17.7 Å². The van der Waals surface area contributed by atoms with Gasteiger partial charge in [0.1, 0.15) is 0 Å². The lowest BCUT2D eigenvalue weighted by Gasteiger charge is -2.15. The first-order valence-corrected chi connectivity index (χ1v) is 12.5. The van der Waals surface area contributed by atoms with Crippen molar-refractivity contribution >= 4 is 28.5 Å². The quantitative estimate of drug-likeness (QED) is 0.144. The Morgan fingerprint density at radius 3 is 2.21 bits per heavy atom. The Labute approximate surface area is 221 Å². The number of hydrogen-bond donors (Lipinski definition) is 3. The Morgan fingerprint density at radius 2 is 1.55 bits per heavy atom. The Kier molecular flexibility index (Phi) is 10.9. The highest BCUT2D eigenvalue weighted by atomic mass is 16.3. The molecular formula is C30H32N4O4. The molecule has 3 N–H and O–H groups in total. The first-order valence-electron chi connectivity index (χ1n) is 12.5. The van der Waals surface area contributed by atoms with Gasteiger partial charge in [0, 0.05) is 35.0 Å². The number of para-hydroxylation sites is 1. The van der Waals surface area contributed by atoms with Crippen molar-refractivity contribution in [2.75, 3.05) is 6.54 Å². The van der Waals surface area contributed by atoms with Gasteiger partial charge in [-0.25, -0.2) is 5.43 Å². The third kappa shape index (κ3) is 8.81. The van der Waals surface area contributed by atoms with Crippen LogP contribution in [0, 0.1) is 17.7 Å². The molecule has 8 nitrogen and oxygen atoms in total. The molecule has 2 amide bonds. The lowest BCUT2D eigenvalue weighted by Crippen LogP contribution is -2.37. The van der Waals surface area contributed by atoms with Gasteiger partial charge in [-0.1, -0.05) is 84.4 Å². The van der Waals surface area contributed by atoms with Gasteiger partial charge in [0.15, 0.2) is 5.78 Å². The average Bonchev–Trinajstić information content (AvgIpc) is 3.37. The minimum absolute atomic E-state index is 0.173. The molecular weight excluding hydrogens is 480 g/mol. The largest absolute Gasteiger partial charge is 0.360 e. The summed E-state index contributed by atoms with van der Waals surface area (Å²) in [6.45, 7) is 1.91. The fraction of sp³-hybridized carbons (Fsp3) is 0.233. The number of carbonyl (C=O) groups is 3. The second-order valence-electron chi connectivity index (χ2n) is 8.95. The van der Waals surface area contributed by atoms with Crippen molar-refractivity contribution in [2.45, 2.75) is 32.6 Å². The molecule has 0 unspecified atom stereocenters. The zero-order chi connectivity index (χ0) is 27.2. The number of carbonyl (C=O) groups excluding carboxylic acids is 3. The smallest absolute Gasteiger partial charge is 0.243 e. The fourth-order valence-electron chi connectivity index (χ4n) is 4.09. The van der Waals surface area contributed by atoms with E-state index in [4.69, 9.17) is 0 Å². The van der Waals surface area contributed by atoms with E-state index in [1.807, 2.05) is 78.2 Å². The maximum Gasteiger partial charge on any atom is 0.243 e. The number of aryl methyl sites for hydroxylation is 2. The number of nitrogens with zero attached hydrogens (tertiary/aromatic N) is 1. The molecule has 8 heteroatoms. The van der Waals surface area contributed by atoms with Gasteiger partial charge in [-0.3, -0.25) is 14.4 Å². The molecule has 0 aliphatic carbocycles. The maximum absolute atomic E-state index is 12.7. The van der Waals surface area contributed by atoms with Gasteiger partial charge in [0.2, 0.25) is 11.8 Å². The molecule has 0 aliphatic rings. The molecule has 0 saturated heterocycles. The van der Waals surface area contributed by atoms with E-state index in [-0.39, 0.29) is 18.7 Å². The Balaban J connectivity index is 0.000000494. The molecule has 0 radical (unpaired) electrons. The standard InChI is InChI=1S/C23H24N4O4.C7H8/c28-21(19-14-24-20-12-5-4-11-18(19)20)15-25-23(30)17(13-22(29)26-27-31)10-6-9-16-7-2-1-3-8-16;1-7-5-3-2-4-6-7/h1-5,7-8,11-12,14,17,24H,6,9-10,13,15H2,(H,25,30)(H,26,29,31);2-6H,1H3/t17-;/m1./s1. The van der Waals surface area contributed by atoms with Gasteiger partial charge >= 0.3 is 0 Å². The number of H-pyrrole nitrogens is 1. The van der Waals surface area contributed by atoms with Crippen LogP contribution in [0.2, 0.25) is 0 Å². The van der Waals surface area contributed by atoms with Crippen LogP contribution in [0.1, 0.15) is 40.7 Å². The summed E-state index contributed by atoms with van der Waals surface area (Å²) >= 11 is 0. The number of amides is 2. The summed E-state index contributed by atoms with van der Waals surface area (Å²) in [7, 11) is 0. The predicted molar refractivity (Wildman–Crippen MR) is 148 cm³/mol. The summed E-state index contributed by atoms with van der Waals surface area (Å²) in [6.07, 6.45) is 3.33. The van der Waals surface area contributed by atoms with Crippen molar-refractivity contribution in [2.24, 2.45) is 11.2 Å². The van der Waals surface area contributed by atoms with Crippen LogP contribution in [0.15, 0.2) is 96.4 Å². The van der Waals surface area contributed by atoms with Crippen molar-refractivity contribution < 1.29 is 14.4 Å². The number of nitrogens with one attached hydrogen (secondary N) is 3. The number of ketones is 1. The lowest BCUT2D eigenvalue weighted by molar-refractivity contribution is -0.130. The second-order valence-corrected chi connectivity index (χ2v) is 8.95. The van der Waals surface area contributed by atoms with E-state index in [9.17, 15) is 19.3 Å². The normalized spacial score (nSPS) is 11.1. The molecule has 0 saturated carbocycles. The SMILES string of the molecule is Cc1ccccc1.O=NNC(=O)C[C@@H](CCCc1ccccc1)C(=O)NCC(=O)c1c[nH]c2ccccc12. The van der Waals surface area contributed by atoms with Gasteiger partial charge in [-0.15, -0.1) is 4.91 Å². The molecule has 4 rings (SSSR count). The highest BCUT2D eigenvalue weighted by molar-refractivity contribution is 6.09. The van der Waals surface area contributed by atoms with Crippen molar-refractivity contribution in [1.29, 1.82) is 0 Å². The van der Waals surface area contributed by atoms with E-state index in [0.717, 1.165) is 22.9 Å². The molecule has 0 fully saturated rings. The van der Waals surface area contributed by atoms with Crippen LogP contribution in [-0.4, -0.2) is 29.1 Å². The first-order chi connectivity index (χ1) is 18.5. The average molecular weight is 513 g/mol. The fourth-order valence-corrected chi connectivity index (χ4v) is 4.09. The number of Topliss-reactive ketones (excluding diaryl/α,β-unsaturated/α-hetero) is 1. The number of rotatable bonds is 11. The summed E-state index contributed by atoms with van der Waals surface area (Å²) in [4.78, 5) is 50.4. The van der Waals surface area contributed by atoms with Crippen molar-refractivity contribution in [3.63, 3.8) is 0 Å². The molecule has 0 spiro atoms. The van der Waals surface area contributed by atoms with Crippen LogP contribution in [-0.2, 0) is 16.0 Å². The third-order valence-corrected chi connectivity index (χ3v) is 6.09. The Bertz CT molecular complexity index is 1340. The van der Waals surface area contributed by atoms with Crippen molar-refractivity contribution in [1.82, 2.24) is 15.7 Å². The minimum atomic E-state index is -0.666. The molecule has 196 valence electrons. The number of benzene rings is 3. The highest BCUT2D eigenvalue weighted by Gasteiger charge is 2.23. The summed E-state index contributed by atoms with van der Waals surface area (Å²) in [5.74, 6) is -1.92. The monoisotopic (exact) mass is 512 g/mol. The molecule has 3 aromatic carbocycles. The van der Waals surface area contributed by atoms with E-state index in [1.54, 1.807) is 6.20 Å². The predicted octanol–water partition coefficient (Wildman–Crippen LogP) is 5.29. The highest BCUT2D eigenvalue weighted by Crippen LogP contribution is 2.18. The molecule has 1 aromatic heterocycles. The molecule has 1 heterocycles. The van der Waals surface area contributed by atoms with Gasteiger partial charge in [-0.2, -0.15) is 0 Å². The maximum atomic E-state index is 12.7. The molecule has 4 aromatic rings. The zero-order valence-corrected chi connectivity index (χ0v) is 21.4. The first kappa shape index (κ1) is 28.0. The molecule has 38 heavy (non-hydrogen) atoms. The van der Waals surface area contributed by atoms with Crippen LogP contribution >= 0.6 is 0 Å². The molecule has 0 aliphatic heterocycles. The number of aromatic amines is 1. The Hall–Kier alpha value is -4.59. The van der Waals surface area contributed by atoms with Crippen LogP contribution in [0.3, 0.4) is 0 Å². The summed E-state index contributed by atoms with van der Waals surface area (Å²) in [6, 6.07) is 27.5. The van der Waals surface area contributed by atoms with E-state index in [2.05, 4.69) is 34.6 Å². The number of aromatic nitrogens is 1. The summed E-state index contributed by atoms with van der Waals surface area (Å²) in [5, 5.41) is 5.80. The van der Waals surface area contributed by atoms with Gasteiger partial charge in [0.05, 0.1) is 11.8 Å². The summed E-state index contributed by atoms with van der Waals surface area (Å²) in [5.41, 5.74) is 5.62. The van der Waals surface area contributed by atoms with Gasteiger partial charge < -0.3 is 10.3 Å². The number of hydrogen-bond acceptors (Lipinski definition) is 5. The molecule has 0 bridgehead atoms. The summed E-state index contributed by atoms with van der Waals surface area (Å²) < 4.78 is 0. The van der Waals surface area contributed by atoms with Crippen molar-refractivity contribution in [3.8, 4) is 0 Å². The third-order valence-electron chi connectivity index (χ3n) is 6.09. The van der Waals surface area contributed by atoms with Crippen LogP contribution in [0.25, 0.3) is 10.9 Å². The van der Waals surface area contributed by atoms with Crippen molar-refractivity contribution in [3.05, 3.63) is 113 Å². The van der Waals surface area contributed by atoms with Gasteiger partial charge in [-0.05, 0) is 37.8 Å². The topological polar surface area (TPSA) is 120 Å².